The van der Waals surface area contributed by atoms with E-state index in [-0.39, 0.29) is 0 Å². The van der Waals surface area contributed by atoms with Crippen molar-refractivity contribution >= 4 is 44.7 Å². The fourth-order valence-electron chi connectivity index (χ4n) is 3.53. The highest BCUT2D eigenvalue weighted by molar-refractivity contribution is 6.38. The monoisotopic (exact) mass is 358 g/mol. The molecule has 0 atom stereocenters. The molecule has 3 rings (SSSR count). The van der Waals surface area contributed by atoms with Gasteiger partial charge in [-0.05, 0) is 47.4 Å². The van der Waals surface area contributed by atoms with Crippen molar-refractivity contribution in [3.8, 4) is 0 Å². The van der Waals surface area contributed by atoms with Crippen LogP contribution in [-0.2, 0) is 6.42 Å². The minimum absolute atomic E-state index is 0.804. The molecule has 0 radical (unpaired) electrons. The predicted octanol–water partition coefficient (Wildman–Crippen LogP) is 8.20. The Morgan fingerprint density at radius 3 is 1.79 bits per heavy atom. The lowest BCUT2D eigenvalue weighted by Gasteiger charge is -2.13. The number of hydrogen-bond donors (Lipinski definition) is 0. The molecule has 3 aromatic carbocycles. The number of unbranched alkanes of at least 4 members (excludes halogenated alkanes) is 5. The van der Waals surface area contributed by atoms with Crippen molar-refractivity contribution in [3.05, 3.63) is 58.1 Å². The van der Waals surface area contributed by atoms with E-state index in [1.807, 2.05) is 24.3 Å². The molecule has 24 heavy (non-hydrogen) atoms. The second-order valence-corrected chi connectivity index (χ2v) is 7.36. The molecule has 0 fully saturated rings. The van der Waals surface area contributed by atoms with Gasteiger partial charge in [-0.25, -0.2) is 0 Å². The number of fused-ring (bicyclic) bond motifs is 2. The van der Waals surface area contributed by atoms with Crippen molar-refractivity contribution in [2.75, 3.05) is 0 Å². The Morgan fingerprint density at radius 1 is 0.667 bits per heavy atom. The van der Waals surface area contributed by atoms with Gasteiger partial charge in [-0.3, -0.25) is 0 Å². The predicted molar refractivity (Wildman–Crippen MR) is 109 cm³/mol. The average Bonchev–Trinajstić information content (AvgIpc) is 2.58. The number of halogens is 2. The highest BCUT2D eigenvalue weighted by Crippen LogP contribution is 2.36. The van der Waals surface area contributed by atoms with Crippen LogP contribution in [0.5, 0.6) is 0 Å². The zero-order valence-corrected chi connectivity index (χ0v) is 15.8. The number of benzene rings is 3. The molecule has 0 spiro atoms. The maximum Gasteiger partial charge on any atom is 0.0484 e. The van der Waals surface area contributed by atoms with Gasteiger partial charge in [0, 0.05) is 20.8 Å². The van der Waals surface area contributed by atoms with Crippen LogP contribution in [0.2, 0.25) is 10.0 Å². The molecule has 0 nitrogen and oxygen atoms in total. The summed E-state index contributed by atoms with van der Waals surface area (Å²) in [4.78, 5) is 0. The van der Waals surface area contributed by atoms with Gasteiger partial charge in [0.05, 0.1) is 0 Å². The minimum atomic E-state index is 0.804. The Balaban J connectivity index is 1.96. The van der Waals surface area contributed by atoms with Crippen LogP contribution in [-0.4, -0.2) is 0 Å². The van der Waals surface area contributed by atoms with Gasteiger partial charge < -0.3 is 0 Å². The molecule has 0 saturated heterocycles. The molecule has 0 aromatic heterocycles. The maximum absolute atomic E-state index is 6.46. The van der Waals surface area contributed by atoms with E-state index in [1.165, 1.54) is 54.9 Å². The van der Waals surface area contributed by atoms with Crippen LogP contribution < -0.4 is 0 Å². The van der Waals surface area contributed by atoms with E-state index in [1.54, 1.807) is 0 Å². The molecule has 0 N–H and O–H groups in total. The van der Waals surface area contributed by atoms with Crippen molar-refractivity contribution in [1.82, 2.24) is 0 Å². The lowest BCUT2D eigenvalue weighted by atomic mass is 9.93. The van der Waals surface area contributed by atoms with Gasteiger partial charge in [-0.2, -0.15) is 0 Å². The lowest BCUT2D eigenvalue weighted by Crippen LogP contribution is -1.92. The molecule has 0 amide bonds. The summed E-state index contributed by atoms with van der Waals surface area (Å²) in [5, 5.41) is 6.37. The van der Waals surface area contributed by atoms with E-state index in [4.69, 9.17) is 23.2 Å². The largest absolute Gasteiger partial charge is 0.0837 e. The van der Waals surface area contributed by atoms with Gasteiger partial charge in [0.2, 0.25) is 0 Å². The summed E-state index contributed by atoms with van der Waals surface area (Å²) in [6.45, 7) is 2.26. The van der Waals surface area contributed by atoms with Crippen LogP contribution in [0.25, 0.3) is 21.5 Å². The van der Waals surface area contributed by atoms with Crippen LogP contribution in [0.3, 0.4) is 0 Å². The zero-order valence-electron chi connectivity index (χ0n) is 14.2. The van der Waals surface area contributed by atoms with E-state index in [9.17, 15) is 0 Å². The molecule has 0 saturated carbocycles. The highest BCUT2D eigenvalue weighted by Gasteiger charge is 2.11. The molecule has 126 valence electrons. The third kappa shape index (κ3) is 3.71. The Labute approximate surface area is 154 Å². The first-order valence-corrected chi connectivity index (χ1v) is 9.76. The second-order valence-electron chi connectivity index (χ2n) is 6.54. The van der Waals surface area contributed by atoms with E-state index in [0.717, 1.165) is 27.2 Å². The Morgan fingerprint density at radius 2 is 1.21 bits per heavy atom. The summed E-state index contributed by atoms with van der Waals surface area (Å²) in [5.41, 5.74) is 1.39. The fourth-order valence-corrected chi connectivity index (χ4v) is 3.99. The van der Waals surface area contributed by atoms with Crippen LogP contribution >= 0.6 is 23.2 Å². The zero-order chi connectivity index (χ0) is 16.9. The standard InChI is InChI=1S/C22H24Cl2/c1-2-3-4-5-6-7-10-16-17-11-8-13-21(23)19(17)15-20-18(16)12-9-14-22(20)24/h8-9,11-15H,2-7,10H2,1H3. The summed E-state index contributed by atoms with van der Waals surface area (Å²) in [6, 6.07) is 14.5. The van der Waals surface area contributed by atoms with Crippen LogP contribution in [0.15, 0.2) is 42.5 Å². The molecule has 0 aliphatic carbocycles. The third-order valence-corrected chi connectivity index (χ3v) is 5.48. The Kier molecular flexibility index (Phi) is 6.03. The van der Waals surface area contributed by atoms with Gasteiger partial charge in [0.1, 0.15) is 0 Å². The SMILES string of the molecule is CCCCCCCCc1c2cccc(Cl)c2cc2c(Cl)cccc12. The Bertz CT molecular complexity index is 776. The van der Waals surface area contributed by atoms with Gasteiger partial charge in [0.15, 0.2) is 0 Å². The van der Waals surface area contributed by atoms with Crippen molar-refractivity contribution in [2.24, 2.45) is 0 Å². The number of rotatable bonds is 7. The molecule has 0 heterocycles. The van der Waals surface area contributed by atoms with Crippen LogP contribution in [0.4, 0.5) is 0 Å². The molecule has 0 aliphatic rings. The maximum atomic E-state index is 6.46. The first-order valence-electron chi connectivity index (χ1n) is 9.00. The quantitative estimate of drug-likeness (QED) is 0.294. The normalized spacial score (nSPS) is 11.5. The highest BCUT2D eigenvalue weighted by atomic mass is 35.5. The minimum Gasteiger partial charge on any atom is -0.0837 e. The van der Waals surface area contributed by atoms with Gasteiger partial charge in [-0.15, -0.1) is 0 Å². The smallest absolute Gasteiger partial charge is 0.0484 e. The van der Waals surface area contributed by atoms with Crippen molar-refractivity contribution in [2.45, 2.75) is 51.9 Å². The lowest BCUT2D eigenvalue weighted by molar-refractivity contribution is 0.609. The van der Waals surface area contributed by atoms with E-state index in [2.05, 4.69) is 25.1 Å². The molecule has 0 unspecified atom stereocenters. The van der Waals surface area contributed by atoms with Crippen molar-refractivity contribution in [3.63, 3.8) is 0 Å². The number of aryl methyl sites for hydroxylation is 1. The third-order valence-electron chi connectivity index (χ3n) is 4.83. The van der Waals surface area contributed by atoms with Gasteiger partial charge in [0.25, 0.3) is 0 Å². The molecule has 0 aliphatic heterocycles. The van der Waals surface area contributed by atoms with E-state index < -0.39 is 0 Å². The first kappa shape index (κ1) is 17.6. The van der Waals surface area contributed by atoms with E-state index in [0.29, 0.717) is 0 Å². The van der Waals surface area contributed by atoms with Crippen molar-refractivity contribution < 1.29 is 0 Å². The molecular weight excluding hydrogens is 335 g/mol. The first-order chi connectivity index (χ1) is 11.7. The Hall–Kier alpha value is -1.24. The summed E-state index contributed by atoms with van der Waals surface area (Å²) in [6.07, 6.45) is 8.92. The topological polar surface area (TPSA) is 0 Å². The molecular formula is C22H24Cl2. The molecule has 0 bridgehead atoms. The van der Waals surface area contributed by atoms with Crippen molar-refractivity contribution in [1.29, 1.82) is 0 Å². The van der Waals surface area contributed by atoms with Crippen LogP contribution in [0, 0.1) is 0 Å². The summed E-state index contributed by atoms with van der Waals surface area (Å²) >= 11 is 12.9. The van der Waals surface area contributed by atoms with Gasteiger partial charge >= 0.3 is 0 Å². The van der Waals surface area contributed by atoms with E-state index >= 15 is 0 Å². The average molecular weight is 359 g/mol. The number of hydrogen-bond acceptors (Lipinski definition) is 0. The molecule has 2 heteroatoms. The summed E-state index contributed by atoms with van der Waals surface area (Å²) < 4.78 is 0. The van der Waals surface area contributed by atoms with Crippen LogP contribution in [0.1, 0.15) is 51.0 Å². The summed E-state index contributed by atoms with van der Waals surface area (Å²) in [7, 11) is 0. The van der Waals surface area contributed by atoms with Gasteiger partial charge in [-0.1, -0.05) is 86.5 Å². The fraction of sp³-hybridized carbons (Fsp3) is 0.364. The second kappa shape index (κ2) is 8.23. The summed E-state index contributed by atoms with van der Waals surface area (Å²) in [5.74, 6) is 0. The molecule has 3 aromatic rings.